The molecule has 1 N–H and O–H groups in total. The molecule has 0 unspecified atom stereocenters. The fourth-order valence-electron chi connectivity index (χ4n) is 1.23. The van der Waals surface area contributed by atoms with Crippen LogP contribution in [0.1, 0.15) is 5.56 Å². The van der Waals surface area contributed by atoms with E-state index in [1.807, 2.05) is 18.2 Å². The van der Waals surface area contributed by atoms with Gasteiger partial charge in [-0.3, -0.25) is 0 Å². The number of aryl methyl sites for hydroxylation is 1. The Morgan fingerprint density at radius 2 is 1.63 bits per heavy atom. The van der Waals surface area contributed by atoms with Gasteiger partial charge < -0.3 is 10.1 Å². The maximum absolute atomic E-state index is 5.69. The molecule has 0 aromatic heterocycles. The maximum Gasteiger partial charge on any atom is 0.185 e. The Hall–Kier alpha value is -1.93. The first-order chi connectivity index (χ1) is 9.11. The summed E-state index contributed by atoms with van der Waals surface area (Å²) in [5.74, 6) is 1.23. The summed E-state index contributed by atoms with van der Waals surface area (Å²) in [4.78, 5) is 0. The number of hydrogen-bond acceptors (Lipinski definition) is 2. The van der Waals surface area contributed by atoms with E-state index in [1.165, 1.54) is 5.56 Å². The van der Waals surface area contributed by atoms with Gasteiger partial charge in [0.15, 0.2) is 5.88 Å². The molecule has 19 heavy (non-hydrogen) atoms. The van der Waals surface area contributed by atoms with Crippen LogP contribution in [0.3, 0.4) is 0 Å². The van der Waals surface area contributed by atoms with E-state index in [0.29, 0.717) is 10.9 Å². The van der Waals surface area contributed by atoms with Crippen LogP contribution >= 0.6 is 11.6 Å². The molecule has 0 atom stereocenters. The molecular weight excluding hydrogens is 258 g/mol. The van der Waals surface area contributed by atoms with Crippen molar-refractivity contribution in [3.8, 4) is 5.75 Å². The van der Waals surface area contributed by atoms with Crippen molar-refractivity contribution in [2.45, 2.75) is 6.92 Å². The second-order valence-corrected chi connectivity index (χ2v) is 4.32. The minimum atomic E-state index is 0.511. The molecule has 0 aliphatic heterocycles. The van der Waals surface area contributed by atoms with E-state index >= 15 is 0 Å². The normalized spacial score (nSPS) is 9.00. The average Bonchev–Trinajstić information content (AvgIpc) is 2.43. The second kappa shape index (κ2) is 8.22. The molecule has 0 saturated heterocycles. The number of hydrogen-bond donors (Lipinski definition) is 1. The summed E-state index contributed by atoms with van der Waals surface area (Å²) < 4.78 is 5.25. The van der Waals surface area contributed by atoms with E-state index in [0.717, 1.165) is 5.75 Å². The van der Waals surface area contributed by atoms with Gasteiger partial charge in [0, 0.05) is 12.1 Å². The van der Waals surface area contributed by atoms with Crippen LogP contribution in [0.5, 0.6) is 5.75 Å². The molecule has 0 heterocycles. The molecule has 2 rings (SSSR count). The Labute approximate surface area is 119 Å². The Morgan fingerprint density at radius 3 is 2.05 bits per heavy atom. The van der Waals surface area contributed by atoms with Gasteiger partial charge in [-0.1, -0.05) is 47.5 Å². The highest BCUT2D eigenvalue weighted by Gasteiger charge is 1.94. The third kappa shape index (κ3) is 6.53. The van der Waals surface area contributed by atoms with Crippen molar-refractivity contribution >= 4 is 11.6 Å². The largest absolute Gasteiger partial charge is 0.442 e. The summed E-state index contributed by atoms with van der Waals surface area (Å²) >= 11 is 5.69. The Bertz CT molecular complexity index is 494. The molecule has 2 aromatic carbocycles. The van der Waals surface area contributed by atoms with Gasteiger partial charge in [-0.25, -0.2) is 0 Å². The van der Waals surface area contributed by atoms with E-state index < -0.39 is 0 Å². The summed E-state index contributed by atoms with van der Waals surface area (Å²) in [6.45, 7) is 5.71. The summed E-state index contributed by atoms with van der Waals surface area (Å²) in [5.41, 5.74) is 1.32. The summed E-state index contributed by atoms with van der Waals surface area (Å²) in [6, 6.07) is 17.4. The molecule has 0 aliphatic rings. The van der Waals surface area contributed by atoms with Crippen LogP contribution in [0.4, 0.5) is 0 Å². The molecule has 0 fully saturated rings. The fraction of sp³-hybridized carbons (Fsp3) is 0.125. The van der Waals surface area contributed by atoms with E-state index in [2.05, 4.69) is 31.0 Å². The molecule has 0 saturated carbocycles. The van der Waals surface area contributed by atoms with E-state index in [4.69, 9.17) is 16.3 Å². The molecule has 0 aliphatic carbocycles. The number of halogens is 1. The van der Waals surface area contributed by atoms with Gasteiger partial charge in [0.05, 0.1) is 0 Å². The lowest BCUT2D eigenvalue weighted by atomic mass is 10.2. The van der Waals surface area contributed by atoms with Crippen molar-refractivity contribution in [1.29, 1.82) is 0 Å². The van der Waals surface area contributed by atoms with Gasteiger partial charge in [0.2, 0.25) is 0 Å². The third-order valence-corrected chi connectivity index (χ3v) is 2.53. The number of benzene rings is 2. The van der Waals surface area contributed by atoms with Crippen molar-refractivity contribution in [1.82, 2.24) is 5.32 Å². The Morgan fingerprint density at radius 1 is 1.05 bits per heavy atom. The smallest absolute Gasteiger partial charge is 0.185 e. The first kappa shape index (κ1) is 15.1. The molecule has 0 radical (unpaired) electrons. The highest BCUT2D eigenvalue weighted by Crippen LogP contribution is 2.16. The summed E-state index contributed by atoms with van der Waals surface area (Å²) in [7, 11) is 1.75. The lowest BCUT2D eigenvalue weighted by Crippen LogP contribution is -2.10. The minimum Gasteiger partial charge on any atom is -0.442 e. The van der Waals surface area contributed by atoms with Crippen LogP contribution in [-0.4, -0.2) is 7.05 Å². The molecule has 0 amide bonds. The molecule has 100 valence electrons. The monoisotopic (exact) mass is 275 g/mol. The molecule has 2 aromatic rings. The first-order valence-corrected chi connectivity index (χ1v) is 6.31. The third-order valence-electron chi connectivity index (χ3n) is 2.27. The average molecular weight is 276 g/mol. The van der Waals surface area contributed by atoms with Crippen LogP contribution < -0.4 is 10.1 Å². The van der Waals surface area contributed by atoms with Gasteiger partial charge >= 0.3 is 0 Å². The number of ether oxygens (including phenoxy) is 1. The first-order valence-electron chi connectivity index (χ1n) is 5.93. The minimum absolute atomic E-state index is 0.511. The Kier molecular flexibility index (Phi) is 6.55. The van der Waals surface area contributed by atoms with Gasteiger partial charge in [-0.15, -0.1) is 0 Å². The lowest BCUT2D eigenvalue weighted by Gasteiger charge is -2.06. The highest BCUT2D eigenvalue weighted by molar-refractivity contribution is 6.30. The number of rotatable bonds is 3. The molecular formula is C16H18ClNO. The predicted molar refractivity (Wildman–Crippen MR) is 81.5 cm³/mol. The quantitative estimate of drug-likeness (QED) is 0.838. The molecule has 3 heteroatoms. The zero-order valence-corrected chi connectivity index (χ0v) is 11.9. The van der Waals surface area contributed by atoms with Crippen molar-refractivity contribution in [3.05, 3.63) is 77.6 Å². The van der Waals surface area contributed by atoms with Crippen LogP contribution in [-0.2, 0) is 0 Å². The van der Waals surface area contributed by atoms with Crippen LogP contribution in [0.25, 0.3) is 0 Å². The number of nitrogens with one attached hydrogen (secondary N) is 1. The second-order valence-electron chi connectivity index (χ2n) is 3.88. The summed E-state index contributed by atoms with van der Waals surface area (Å²) in [6.07, 6.45) is 0. The molecule has 0 bridgehead atoms. The van der Waals surface area contributed by atoms with Gasteiger partial charge in [-0.2, -0.15) is 0 Å². The zero-order chi connectivity index (χ0) is 14.1. The van der Waals surface area contributed by atoms with Crippen molar-refractivity contribution < 1.29 is 4.74 Å². The SMILES string of the molecule is C=C(NC)Oc1ccc(Cl)cc1.Cc1ccccc1. The van der Waals surface area contributed by atoms with Crippen molar-refractivity contribution in [2.75, 3.05) is 7.05 Å². The van der Waals surface area contributed by atoms with Crippen LogP contribution in [0.2, 0.25) is 5.02 Å². The molecule has 0 spiro atoms. The van der Waals surface area contributed by atoms with Crippen molar-refractivity contribution in [3.63, 3.8) is 0 Å². The van der Waals surface area contributed by atoms with Gasteiger partial charge in [0.25, 0.3) is 0 Å². The predicted octanol–water partition coefficient (Wildman–Crippen LogP) is 4.40. The van der Waals surface area contributed by atoms with E-state index in [-0.39, 0.29) is 0 Å². The van der Waals surface area contributed by atoms with E-state index in [1.54, 1.807) is 31.3 Å². The zero-order valence-electron chi connectivity index (χ0n) is 11.2. The lowest BCUT2D eigenvalue weighted by molar-refractivity contribution is 0.395. The van der Waals surface area contributed by atoms with Crippen LogP contribution in [0, 0.1) is 6.92 Å². The fourth-order valence-corrected chi connectivity index (χ4v) is 1.36. The standard InChI is InChI=1S/C9H10ClNO.C7H8/c1-7(11-2)12-9-5-3-8(10)4-6-9;1-7-5-3-2-4-6-7/h3-6,11H,1H2,2H3;2-6H,1H3. The van der Waals surface area contributed by atoms with Gasteiger partial charge in [-0.05, 0) is 37.8 Å². The van der Waals surface area contributed by atoms with Crippen molar-refractivity contribution in [2.24, 2.45) is 0 Å². The highest BCUT2D eigenvalue weighted by atomic mass is 35.5. The van der Waals surface area contributed by atoms with Gasteiger partial charge in [0.1, 0.15) is 5.75 Å². The summed E-state index contributed by atoms with van der Waals surface area (Å²) in [5, 5.41) is 3.47. The Balaban J connectivity index is 0.000000218. The molecule has 2 nitrogen and oxygen atoms in total. The maximum atomic E-state index is 5.69. The van der Waals surface area contributed by atoms with Crippen LogP contribution in [0.15, 0.2) is 67.1 Å². The topological polar surface area (TPSA) is 21.3 Å². The van der Waals surface area contributed by atoms with E-state index in [9.17, 15) is 0 Å².